The molecule has 4 heteroatoms. The van der Waals surface area contributed by atoms with E-state index in [1.165, 1.54) is 0 Å². The molecular formula is C17H17N3O. The number of aliphatic hydroxyl groups is 1. The summed E-state index contributed by atoms with van der Waals surface area (Å²) in [4.78, 5) is 4.14. The summed E-state index contributed by atoms with van der Waals surface area (Å²) < 4.78 is 0. The third-order valence-corrected chi connectivity index (χ3v) is 3.52. The van der Waals surface area contributed by atoms with Crippen LogP contribution in [0.4, 0.5) is 11.4 Å². The zero-order valence-electron chi connectivity index (χ0n) is 11.5. The number of aromatic nitrogens is 1. The molecule has 21 heavy (non-hydrogen) atoms. The number of benzene rings is 2. The van der Waals surface area contributed by atoms with Gasteiger partial charge in [0.05, 0.1) is 6.10 Å². The fourth-order valence-electron chi connectivity index (χ4n) is 2.37. The van der Waals surface area contributed by atoms with Gasteiger partial charge in [-0.1, -0.05) is 30.3 Å². The monoisotopic (exact) mass is 279 g/mol. The van der Waals surface area contributed by atoms with E-state index in [1.807, 2.05) is 48.5 Å². The number of hydrogen-bond donors (Lipinski definition) is 3. The van der Waals surface area contributed by atoms with Crippen molar-refractivity contribution in [3.63, 3.8) is 0 Å². The van der Waals surface area contributed by atoms with E-state index in [9.17, 15) is 5.11 Å². The van der Waals surface area contributed by atoms with E-state index in [0.29, 0.717) is 6.54 Å². The summed E-state index contributed by atoms with van der Waals surface area (Å²) in [6, 6.07) is 15.3. The topological polar surface area (TPSA) is 71.2 Å². The lowest BCUT2D eigenvalue weighted by atomic mass is 10.1. The van der Waals surface area contributed by atoms with E-state index in [4.69, 9.17) is 5.73 Å². The lowest BCUT2D eigenvalue weighted by Crippen LogP contribution is -2.12. The zero-order valence-corrected chi connectivity index (χ0v) is 11.5. The van der Waals surface area contributed by atoms with Gasteiger partial charge in [0.25, 0.3) is 0 Å². The van der Waals surface area contributed by atoms with E-state index in [1.54, 1.807) is 12.4 Å². The van der Waals surface area contributed by atoms with Gasteiger partial charge >= 0.3 is 0 Å². The van der Waals surface area contributed by atoms with Crippen molar-refractivity contribution in [2.24, 2.45) is 0 Å². The van der Waals surface area contributed by atoms with Gasteiger partial charge in [-0.25, -0.2) is 0 Å². The summed E-state index contributed by atoms with van der Waals surface area (Å²) in [6.45, 7) is 0.428. The predicted octanol–water partition coefficient (Wildman–Crippen LogP) is 2.96. The molecule has 3 aromatic rings. The van der Waals surface area contributed by atoms with E-state index in [2.05, 4.69) is 10.3 Å². The van der Waals surface area contributed by atoms with Crippen molar-refractivity contribution < 1.29 is 5.11 Å². The van der Waals surface area contributed by atoms with Crippen LogP contribution in [0.5, 0.6) is 0 Å². The minimum atomic E-state index is -0.560. The maximum atomic E-state index is 10.2. The number of nitrogen functional groups attached to an aromatic ring is 1. The molecule has 0 radical (unpaired) electrons. The smallest absolute Gasteiger partial charge is 0.0962 e. The second-order valence-electron chi connectivity index (χ2n) is 4.93. The second-order valence-corrected chi connectivity index (χ2v) is 4.93. The number of nitrogens with one attached hydrogen (secondary N) is 1. The predicted molar refractivity (Wildman–Crippen MR) is 86.0 cm³/mol. The van der Waals surface area contributed by atoms with Crippen LogP contribution in [0.15, 0.2) is 60.9 Å². The Morgan fingerprint density at radius 1 is 1.05 bits per heavy atom. The number of aliphatic hydroxyl groups excluding tert-OH is 1. The molecule has 0 saturated carbocycles. The molecule has 1 heterocycles. The number of nitrogens with zero attached hydrogens (tertiary/aromatic N) is 1. The Bertz CT molecular complexity index is 743. The first-order chi connectivity index (χ1) is 10.3. The van der Waals surface area contributed by atoms with Crippen LogP contribution in [0, 0.1) is 0 Å². The lowest BCUT2D eigenvalue weighted by molar-refractivity contribution is 0.191. The number of pyridine rings is 1. The molecule has 0 fully saturated rings. The van der Waals surface area contributed by atoms with Crippen LogP contribution in [0.3, 0.4) is 0 Å². The average molecular weight is 279 g/mol. The van der Waals surface area contributed by atoms with Crippen LogP contribution in [0.2, 0.25) is 0 Å². The zero-order chi connectivity index (χ0) is 14.7. The van der Waals surface area contributed by atoms with Gasteiger partial charge in [-0.3, -0.25) is 4.98 Å². The normalized spacial score (nSPS) is 12.2. The van der Waals surface area contributed by atoms with Crippen LogP contribution < -0.4 is 11.1 Å². The highest BCUT2D eigenvalue weighted by molar-refractivity contribution is 6.00. The first-order valence-electron chi connectivity index (χ1n) is 6.85. The molecule has 0 aliphatic heterocycles. The summed E-state index contributed by atoms with van der Waals surface area (Å²) in [7, 11) is 0. The summed E-state index contributed by atoms with van der Waals surface area (Å²) in [5, 5.41) is 15.4. The number of nitrogens with two attached hydrogens (primary N) is 1. The van der Waals surface area contributed by atoms with Crippen molar-refractivity contribution in [2.45, 2.75) is 6.10 Å². The van der Waals surface area contributed by atoms with Crippen LogP contribution in [0.25, 0.3) is 10.8 Å². The number of anilines is 2. The van der Waals surface area contributed by atoms with Crippen LogP contribution in [-0.2, 0) is 0 Å². The Labute approximate surface area is 123 Å². The number of hydrogen-bond acceptors (Lipinski definition) is 4. The molecule has 0 saturated heterocycles. The van der Waals surface area contributed by atoms with E-state index >= 15 is 0 Å². The van der Waals surface area contributed by atoms with E-state index in [0.717, 1.165) is 27.7 Å². The van der Waals surface area contributed by atoms with Gasteiger partial charge in [0.1, 0.15) is 0 Å². The van der Waals surface area contributed by atoms with Crippen molar-refractivity contribution in [1.29, 1.82) is 0 Å². The summed E-state index contributed by atoms with van der Waals surface area (Å²) in [5.41, 5.74) is 8.50. The molecule has 0 aliphatic carbocycles. The molecule has 0 aliphatic rings. The Hall–Kier alpha value is -2.59. The first-order valence-corrected chi connectivity index (χ1v) is 6.85. The number of fused-ring (bicyclic) bond motifs is 1. The third kappa shape index (κ3) is 2.80. The van der Waals surface area contributed by atoms with Crippen molar-refractivity contribution in [3.8, 4) is 0 Å². The second kappa shape index (κ2) is 5.81. The quantitative estimate of drug-likeness (QED) is 0.642. The standard InChI is InChI=1S/C17H17N3O/c18-15-6-7-16(14-10-19-9-8-13(14)15)20-11-17(21)12-4-2-1-3-5-12/h1-10,17,20-21H,11,18H2. The summed E-state index contributed by atoms with van der Waals surface area (Å²) in [6.07, 6.45) is 2.94. The molecule has 4 nitrogen and oxygen atoms in total. The van der Waals surface area contributed by atoms with Crippen molar-refractivity contribution in [1.82, 2.24) is 4.98 Å². The minimum absolute atomic E-state index is 0.428. The number of rotatable bonds is 4. The van der Waals surface area contributed by atoms with Gasteiger partial charge in [0.15, 0.2) is 0 Å². The van der Waals surface area contributed by atoms with Crippen molar-refractivity contribution in [2.75, 3.05) is 17.6 Å². The first kappa shape index (κ1) is 13.4. The highest BCUT2D eigenvalue weighted by atomic mass is 16.3. The van der Waals surface area contributed by atoms with Crippen LogP contribution in [-0.4, -0.2) is 16.6 Å². The maximum absolute atomic E-state index is 10.2. The average Bonchev–Trinajstić information content (AvgIpc) is 2.55. The summed E-state index contributed by atoms with van der Waals surface area (Å²) in [5.74, 6) is 0. The fraction of sp³-hybridized carbons (Fsp3) is 0.118. The Balaban J connectivity index is 1.81. The molecule has 4 N–H and O–H groups in total. The molecule has 1 atom stereocenters. The minimum Gasteiger partial charge on any atom is -0.398 e. The molecule has 1 unspecified atom stereocenters. The maximum Gasteiger partial charge on any atom is 0.0962 e. The van der Waals surface area contributed by atoms with Crippen LogP contribution in [0.1, 0.15) is 11.7 Å². The molecular weight excluding hydrogens is 262 g/mol. The largest absolute Gasteiger partial charge is 0.398 e. The molecule has 0 bridgehead atoms. The third-order valence-electron chi connectivity index (χ3n) is 3.52. The van der Waals surface area contributed by atoms with E-state index < -0.39 is 6.10 Å². The highest BCUT2D eigenvalue weighted by Gasteiger charge is 2.08. The molecule has 106 valence electrons. The van der Waals surface area contributed by atoms with Gasteiger partial charge in [-0.05, 0) is 23.8 Å². The molecule has 0 amide bonds. The van der Waals surface area contributed by atoms with Gasteiger partial charge in [0, 0.05) is 41.1 Å². The molecule has 2 aromatic carbocycles. The van der Waals surface area contributed by atoms with Gasteiger partial charge < -0.3 is 16.2 Å². The summed E-state index contributed by atoms with van der Waals surface area (Å²) >= 11 is 0. The Morgan fingerprint density at radius 3 is 2.67 bits per heavy atom. The molecule has 1 aromatic heterocycles. The highest BCUT2D eigenvalue weighted by Crippen LogP contribution is 2.27. The van der Waals surface area contributed by atoms with E-state index in [-0.39, 0.29) is 0 Å². The molecule has 0 spiro atoms. The SMILES string of the molecule is Nc1ccc(NCC(O)c2ccccc2)c2cnccc12. The van der Waals surface area contributed by atoms with Crippen molar-refractivity contribution in [3.05, 3.63) is 66.5 Å². The Morgan fingerprint density at radius 2 is 1.86 bits per heavy atom. The molecule has 3 rings (SSSR count). The van der Waals surface area contributed by atoms with Crippen molar-refractivity contribution >= 4 is 22.1 Å². The van der Waals surface area contributed by atoms with Gasteiger partial charge in [0.2, 0.25) is 0 Å². The fourth-order valence-corrected chi connectivity index (χ4v) is 2.37. The van der Waals surface area contributed by atoms with Gasteiger partial charge in [-0.15, -0.1) is 0 Å². The van der Waals surface area contributed by atoms with Crippen LogP contribution >= 0.6 is 0 Å². The van der Waals surface area contributed by atoms with Gasteiger partial charge in [-0.2, -0.15) is 0 Å². The lowest BCUT2D eigenvalue weighted by Gasteiger charge is -2.15. The Kier molecular flexibility index (Phi) is 3.71.